The maximum Gasteiger partial charge on any atom is 0.259 e. The third kappa shape index (κ3) is 4.36. The number of hydrogen-bond acceptors (Lipinski definition) is 5. The maximum absolute atomic E-state index is 14.3. The average molecular weight is 453 g/mol. The Labute approximate surface area is 190 Å². The molecule has 2 heterocycles. The molecular weight excluding hydrogens is 427 g/mol. The number of benzene rings is 2. The number of halogens is 1. The van der Waals surface area contributed by atoms with E-state index < -0.39 is 23.7 Å². The van der Waals surface area contributed by atoms with Crippen LogP contribution in [0.25, 0.3) is 16.6 Å². The molecule has 2 aromatic heterocycles. The van der Waals surface area contributed by atoms with E-state index in [9.17, 15) is 9.18 Å². The van der Waals surface area contributed by atoms with Gasteiger partial charge in [0, 0.05) is 17.8 Å². The van der Waals surface area contributed by atoms with E-state index in [1.54, 1.807) is 19.4 Å². The van der Waals surface area contributed by atoms with E-state index >= 15 is 0 Å². The van der Waals surface area contributed by atoms with Gasteiger partial charge in [0.25, 0.3) is 5.91 Å². The fourth-order valence-corrected chi connectivity index (χ4v) is 4.13. The minimum absolute atomic E-state index is 0.407. The van der Waals surface area contributed by atoms with Crippen LogP contribution in [0.3, 0.4) is 0 Å². The van der Waals surface area contributed by atoms with Crippen LogP contribution in [0.1, 0.15) is 32.4 Å². The smallest absolute Gasteiger partial charge is 0.259 e. The summed E-state index contributed by atoms with van der Waals surface area (Å²) in [6.07, 6.45) is 3.07. The highest BCUT2D eigenvalue weighted by molar-refractivity contribution is 7.03. The van der Waals surface area contributed by atoms with Gasteiger partial charge < -0.3 is 9.64 Å². The molecule has 0 aliphatic rings. The quantitative estimate of drug-likeness (QED) is 0.387. The fourth-order valence-electron chi connectivity index (χ4n) is 3.64. The van der Waals surface area contributed by atoms with E-state index in [0.717, 1.165) is 22.2 Å². The summed E-state index contributed by atoms with van der Waals surface area (Å²) in [5, 5.41) is 7.32. The molecule has 0 radical (unpaired) electrons. The van der Waals surface area contributed by atoms with E-state index in [1.807, 2.05) is 65.5 Å². The number of amides is 1. The molecule has 2 aromatic carbocycles. The number of ether oxygens (including phenoxy) is 1. The molecule has 0 bridgehead atoms. The van der Waals surface area contributed by atoms with Crippen molar-refractivity contribution in [1.82, 2.24) is 19.1 Å². The van der Waals surface area contributed by atoms with Crippen molar-refractivity contribution in [3.05, 3.63) is 71.9 Å². The molecule has 4 rings (SSSR count). The molecule has 0 saturated carbocycles. The van der Waals surface area contributed by atoms with Crippen molar-refractivity contribution in [2.45, 2.75) is 38.6 Å². The summed E-state index contributed by atoms with van der Waals surface area (Å²) in [4.78, 5) is 14.0. The largest absolute Gasteiger partial charge is 0.484 e. The van der Waals surface area contributed by atoms with E-state index in [0.29, 0.717) is 5.75 Å². The van der Waals surface area contributed by atoms with Gasteiger partial charge in [0.1, 0.15) is 11.9 Å². The summed E-state index contributed by atoms with van der Waals surface area (Å²) in [7, 11) is 1.61. The zero-order valence-electron chi connectivity index (χ0n) is 18.4. The Hall–Kier alpha value is -3.26. The third-order valence-electron chi connectivity index (χ3n) is 5.47. The molecule has 0 fully saturated rings. The number of carbonyl (C=O) groups is 1. The molecule has 6 nitrogen and oxygen atoms in total. The molecule has 0 spiro atoms. The summed E-state index contributed by atoms with van der Waals surface area (Å²) in [6.45, 7) is 4.40. The van der Waals surface area contributed by atoms with Crippen LogP contribution < -0.4 is 4.74 Å². The molecule has 0 unspecified atom stereocenters. The highest BCUT2D eigenvalue weighted by Crippen LogP contribution is 2.31. The van der Waals surface area contributed by atoms with Crippen molar-refractivity contribution in [2.75, 3.05) is 7.05 Å². The van der Waals surface area contributed by atoms with E-state index in [1.165, 1.54) is 30.3 Å². The van der Waals surface area contributed by atoms with Crippen molar-refractivity contribution in [3.8, 4) is 11.4 Å². The molecule has 0 N–H and O–H groups in total. The lowest BCUT2D eigenvalue weighted by Crippen LogP contribution is -2.47. The second-order valence-corrected chi connectivity index (χ2v) is 8.90. The average Bonchev–Trinajstić information content (AvgIpc) is 3.45. The van der Waals surface area contributed by atoms with Gasteiger partial charge >= 0.3 is 0 Å². The van der Waals surface area contributed by atoms with Gasteiger partial charge in [0.15, 0.2) is 5.67 Å². The minimum atomic E-state index is -1.96. The minimum Gasteiger partial charge on any atom is -0.484 e. The normalized spacial score (nSPS) is 13.7. The van der Waals surface area contributed by atoms with E-state index in [2.05, 4.69) is 9.47 Å². The second-order valence-electron chi connectivity index (χ2n) is 8.24. The topological polar surface area (TPSA) is 60.2 Å². The summed E-state index contributed by atoms with van der Waals surface area (Å²) >= 11 is 1.37. The number of nitrogens with zero attached hydrogens (tertiary/aromatic N) is 4. The predicted octanol–water partition coefficient (Wildman–Crippen LogP) is 5.20. The van der Waals surface area contributed by atoms with Crippen LogP contribution in [0.4, 0.5) is 4.39 Å². The van der Waals surface area contributed by atoms with Crippen molar-refractivity contribution in [2.24, 2.45) is 0 Å². The first kappa shape index (κ1) is 22.0. The summed E-state index contributed by atoms with van der Waals surface area (Å²) in [5.41, 5.74) is 0.780. The van der Waals surface area contributed by atoms with Crippen LogP contribution >= 0.6 is 11.5 Å². The lowest BCUT2D eigenvalue weighted by molar-refractivity contribution is -0.144. The van der Waals surface area contributed by atoms with Crippen LogP contribution in [0.5, 0.6) is 5.75 Å². The number of fused-ring (bicyclic) bond motifs is 1. The zero-order valence-corrected chi connectivity index (χ0v) is 19.2. The van der Waals surface area contributed by atoms with Gasteiger partial charge in [-0.15, -0.1) is 0 Å². The van der Waals surface area contributed by atoms with Crippen LogP contribution in [-0.4, -0.2) is 43.7 Å². The third-order valence-corrected chi connectivity index (χ3v) is 6.05. The number of likely N-dealkylation sites (N-methyl/N-ethyl adjacent to an activating group) is 1. The van der Waals surface area contributed by atoms with Crippen molar-refractivity contribution in [3.63, 3.8) is 0 Å². The van der Waals surface area contributed by atoms with Crippen LogP contribution in [-0.2, 0) is 4.79 Å². The van der Waals surface area contributed by atoms with Crippen LogP contribution in [0.15, 0.2) is 66.3 Å². The van der Waals surface area contributed by atoms with Crippen molar-refractivity contribution < 1.29 is 13.9 Å². The highest BCUT2D eigenvalue weighted by Gasteiger charge is 2.35. The molecule has 2 atom stereocenters. The standard InChI is InChI=1S/C24H25FN4O2S/c1-16(28(4)23(30)24(2,3)25)22(17-8-6-5-7-9-17)31-20-10-11-21-18(12-20)13-26-29(21)19-14-27-32-15-19/h5-16,22H,1-4H3/t16-,22-/m0/s1. The molecular formula is C24H25FN4O2S. The number of hydrogen-bond donors (Lipinski definition) is 0. The Bertz CT molecular complexity index is 1200. The van der Waals surface area contributed by atoms with Crippen molar-refractivity contribution in [1.29, 1.82) is 0 Å². The van der Waals surface area contributed by atoms with Gasteiger partial charge in [-0.3, -0.25) is 4.79 Å². The van der Waals surface area contributed by atoms with Gasteiger partial charge in [-0.1, -0.05) is 30.3 Å². The Morgan fingerprint density at radius 2 is 1.94 bits per heavy atom. The Balaban J connectivity index is 1.65. The number of rotatable bonds is 7. The first-order chi connectivity index (χ1) is 15.3. The van der Waals surface area contributed by atoms with Crippen LogP contribution in [0.2, 0.25) is 0 Å². The molecule has 4 aromatic rings. The Kier molecular flexibility index (Phi) is 5.97. The van der Waals surface area contributed by atoms with Gasteiger partial charge in [0.05, 0.1) is 29.6 Å². The van der Waals surface area contributed by atoms with E-state index in [4.69, 9.17) is 4.74 Å². The monoisotopic (exact) mass is 452 g/mol. The Morgan fingerprint density at radius 3 is 2.59 bits per heavy atom. The number of alkyl halides is 1. The molecule has 0 aliphatic carbocycles. The SMILES string of the molecule is C[C@@H]([C@H](Oc1ccc2c(cnn2-c2cnsc2)c1)c1ccccc1)N(C)C(=O)C(C)(C)F. The second kappa shape index (κ2) is 8.70. The lowest BCUT2D eigenvalue weighted by Gasteiger charge is -2.34. The fraction of sp³-hybridized carbons (Fsp3) is 0.292. The molecule has 166 valence electrons. The van der Waals surface area contributed by atoms with E-state index in [-0.39, 0.29) is 0 Å². The summed E-state index contributed by atoms with van der Waals surface area (Å²) in [6, 6.07) is 15.0. The maximum atomic E-state index is 14.3. The Morgan fingerprint density at radius 1 is 1.19 bits per heavy atom. The number of carbonyl (C=O) groups excluding carboxylic acids is 1. The first-order valence-corrected chi connectivity index (χ1v) is 11.1. The van der Waals surface area contributed by atoms with Gasteiger partial charge in [0.2, 0.25) is 0 Å². The lowest BCUT2D eigenvalue weighted by atomic mass is 10.0. The highest BCUT2D eigenvalue weighted by atomic mass is 32.1. The molecule has 0 saturated heterocycles. The van der Waals surface area contributed by atoms with Gasteiger partial charge in [-0.05, 0) is 56.1 Å². The van der Waals surface area contributed by atoms with Crippen LogP contribution in [0, 0.1) is 0 Å². The molecule has 0 aliphatic heterocycles. The molecule has 8 heteroatoms. The van der Waals surface area contributed by atoms with Gasteiger partial charge in [-0.2, -0.15) is 9.47 Å². The predicted molar refractivity (Wildman–Crippen MR) is 124 cm³/mol. The molecule has 32 heavy (non-hydrogen) atoms. The number of aromatic nitrogens is 3. The first-order valence-electron chi connectivity index (χ1n) is 10.3. The summed E-state index contributed by atoms with van der Waals surface area (Å²) in [5.74, 6) is 0.0530. The molecule has 1 amide bonds. The van der Waals surface area contributed by atoms with Crippen molar-refractivity contribution >= 4 is 28.3 Å². The zero-order chi connectivity index (χ0) is 22.9. The summed E-state index contributed by atoms with van der Waals surface area (Å²) < 4.78 is 26.7. The van der Waals surface area contributed by atoms with Gasteiger partial charge in [-0.25, -0.2) is 9.07 Å².